The summed E-state index contributed by atoms with van der Waals surface area (Å²) in [6, 6.07) is 5.39. The first kappa shape index (κ1) is 13.6. The van der Waals surface area contributed by atoms with E-state index in [-0.39, 0.29) is 4.99 Å². The molecule has 17 heavy (non-hydrogen) atoms. The van der Waals surface area contributed by atoms with Crippen LogP contribution in [0.15, 0.2) is 18.2 Å². The topological polar surface area (TPSA) is 53.7 Å². The molecule has 0 spiro atoms. The van der Waals surface area contributed by atoms with Crippen molar-refractivity contribution < 1.29 is 14.2 Å². The van der Waals surface area contributed by atoms with Gasteiger partial charge in [0.1, 0.15) is 4.99 Å². The summed E-state index contributed by atoms with van der Waals surface area (Å²) in [4.78, 5) is 0.269. The number of methoxy groups -OCH3 is 2. The zero-order valence-electron chi connectivity index (χ0n) is 10.4. The van der Waals surface area contributed by atoms with E-state index < -0.39 is 5.60 Å². The van der Waals surface area contributed by atoms with Crippen LogP contribution in [0.1, 0.15) is 13.8 Å². The van der Waals surface area contributed by atoms with E-state index >= 15 is 0 Å². The third-order valence-electron chi connectivity index (χ3n) is 2.33. The summed E-state index contributed by atoms with van der Waals surface area (Å²) in [6.45, 7) is 3.59. The summed E-state index contributed by atoms with van der Waals surface area (Å²) in [6.07, 6.45) is 0. The van der Waals surface area contributed by atoms with Crippen LogP contribution in [-0.4, -0.2) is 24.8 Å². The lowest BCUT2D eigenvalue weighted by molar-refractivity contribution is 0.168. The van der Waals surface area contributed by atoms with E-state index in [9.17, 15) is 0 Å². The number of nitrogens with two attached hydrogens (primary N) is 1. The molecule has 0 aliphatic rings. The second-order valence-corrected chi connectivity index (χ2v) is 4.41. The Labute approximate surface area is 107 Å². The van der Waals surface area contributed by atoms with E-state index in [1.54, 1.807) is 40.2 Å². The quantitative estimate of drug-likeness (QED) is 0.817. The highest BCUT2D eigenvalue weighted by Crippen LogP contribution is 2.39. The molecule has 4 nitrogen and oxygen atoms in total. The fraction of sp³-hybridized carbons (Fsp3) is 0.417. The van der Waals surface area contributed by atoms with E-state index in [0.29, 0.717) is 17.2 Å². The van der Waals surface area contributed by atoms with Crippen LogP contribution in [0, 0.1) is 0 Å². The van der Waals surface area contributed by atoms with Crippen molar-refractivity contribution in [3.63, 3.8) is 0 Å². The molecule has 0 aromatic heterocycles. The Balaban J connectivity index is 3.16. The Morgan fingerprint density at radius 1 is 1.18 bits per heavy atom. The molecule has 5 heteroatoms. The van der Waals surface area contributed by atoms with Crippen molar-refractivity contribution in [1.82, 2.24) is 0 Å². The van der Waals surface area contributed by atoms with Gasteiger partial charge in [-0.05, 0) is 26.0 Å². The van der Waals surface area contributed by atoms with Crippen LogP contribution in [0.5, 0.6) is 17.2 Å². The molecule has 0 atom stereocenters. The van der Waals surface area contributed by atoms with Crippen molar-refractivity contribution in [1.29, 1.82) is 0 Å². The van der Waals surface area contributed by atoms with Crippen molar-refractivity contribution >= 4 is 17.2 Å². The molecule has 0 fully saturated rings. The summed E-state index contributed by atoms with van der Waals surface area (Å²) in [5.41, 5.74) is 4.86. The fourth-order valence-corrected chi connectivity index (χ4v) is 1.26. The third kappa shape index (κ3) is 3.00. The van der Waals surface area contributed by atoms with Gasteiger partial charge in [0.25, 0.3) is 0 Å². The van der Waals surface area contributed by atoms with Gasteiger partial charge in [0.2, 0.25) is 5.75 Å². The van der Waals surface area contributed by atoms with Gasteiger partial charge in [-0.1, -0.05) is 18.3 Å². The first-order valence-electron chi connectivity index (χ1n) is 5.12. The first-order chi connectivity index (χ1) is 7.92. The van der Waals surface area contributed by atoms with Gasteiger partial charge in [0.15, 0.2) is 17.1 Å². The van der Waals surface area contributed by atoms with Gasteiger partial charge in [-0.3, -0.25) is 0 Å². The minimum absolute atomic E-state index is 0.269. The number of benzene rings is 1. The van der Waals surface area contributed by atoms with E-state index in [1.165, 1.54) is 0 Å². The zero-order valence-corrected chi connectivity index (χ0v) is 11.3. The Hall–Kier alpha value is -1.49. The number of thiocarbonyl (C=S) groups is 1. The number of hydrogen-bond acceptors (Lipinski definition) is 4. The van der Waals surface area contributed by atoms with Crippen LogP contribution in [0.25, 0.3) is 0 Å². The first-order valence-corrected chi connectivity index (χ1v) is 5.53. The van der Waals surface area contributed by atoms with Gasteiger partial charge in [-0.2, -0.15) is 0 Å². The van der Waals surface area contributed by atoms with Gasteiger partial charge in [-0.15, -0.1) is 0 Å². The van der Waals surface area contributed by atoms with Crippen molar-refractivity contribution in [2.24, 2.45) is 5.73 Å². The molecule has 0 saturated carbocycles. The van der Waals surface area contributed by atoms with Crippen molar-refractivity contribution in [3.05, 3.63) is 18.2 Å². The van der Waals surface area contributed by atoms with E-state index in [4.69, 9.17) is 32.2 Å². The van der Waals surface area contributed by atoms with E-state index in [2.05, 4.69) is 0 Å². The maximum Gasteiger partial charge on any atom is 0.204 e. The summed E-state index contributed by atoms with van der Waals surface area (Å²) >= 11 is 4.96. The Bertz CT molecular complexity index is 396. The van der Waals surface area contributed by atoms with Gasteiger partial charge >= 0.3 is 0 Å². The molecule has 1 aromatic rings. The van der Waals surface area contributed by atoms with Crippen molar-refractivity contribution in [2.45, 2.75) is 19.4 Å². The minimum Gasteiger partial charge on any atom is -0.493 e. The number of para-hydroxylation sites is 1. The fourth-order valence-electron chi connectivity index (χ4n) is 1.22. The Morgan fingerprint density at radius 2 is 1.65 bits per heavy atom. The Kier molecular flexibility index (Phi) is 4.17. The summed E-state index contributed by atoms with van der Waals surface area (Å²) in [5.74, 6) is 1.65. The molecule has 1 rings (SSSR count). The van der Waals surface area contributed by atoms with E-state index in [0.717, 1.165) is 0 Å². The largest absolute Gasteiger partial charge is 0.493 e. The van der Waals surface area contributed by atoms with Crippen LogP contribution in [0.4, 0.5) is 0 Å². The lowest BCUT2D eigenvalue weighted by Gasteiger charge is -2.26. The molecular formula is C12H17NO3S. The molecule has 0 amide bonds. The second kappa shape index (κ2) is 5.23. The smallest absolute Gasteiger partial charge is 0.204 e. The summed E-state index contributed by atoms with van der Waals surface area (Å²) < 4.78 is 16.2. The average Bonchev–Trinajstić information content (AvgIpc) is 2.28. The van der Waals surface area contributed by atoms with Crippen LogP contribution in [0.3, 0.4) is 0 Å². The maximum atomic E-state index is 5.79. The molecule has 2 N–H and O–H groups in total. The van der Waals surface area contributed by atoms with Crippen LogP contribution in [0.2, 0.25) is 0 Å². The molecule has 0 heterocycles. The maximum absolute atomic E-state index is 5.79. The molecule has 0 aliphatic heterocycles. The predicted octanol–water partition coefficient (Wildman–Crippen LogP) is 2.15. The number of hydrogen-bond donors (Lipinski definition) is 1. The highest BCUT2D eigenvalue weighted by molar-refractivity contribution is 7.80. The van der Waals surface area contributed by atoms with E-state index in [1.807, 2.05) is 6.07 Å². The standard InChI is InChI=1S/C12H17NO3S/c1-12(2,11(13)17)16-10-8(14-3)6-5-7-9(10)15-4/h5-7H,1-4H3,(H2,13,17). The van der Waals surface area contributed by atoms with Gasteiger partial charge in [-0.25, -0.2) is 0 Å². The highest BCUT2D eigenvalue weighted by Gasteiger charge is 2.27. The van der Waals surface area contributed by atoms with Gasteiger partial charge < -0.3 is 19.9 Å². The van der Waals surface area contributed by atoms with Crippen LogP contribution < -0.4 is 19.9 Å². The Morgan fingerprint density at radius 3 is 2.00 bits per heavy atom. The van der Waals surface area contributed by atoms with Crippen LogP contribution in [-0.2, 0) is 0 Å². The second-order valence-electron chi connectivity index (χ2n) is 3.97. The number of rotatable bonds is 5. The monoisotopic (exact) mass is 255 g/mol. The lowest BCUT2D eigenvalue weighted by Crippen LogP contribution is -2.42. The molecule has 0 unspecified atom stereocenters. The molecule has 0 bridgehead atoms. The molecule has 94 valence electrons. The van der Waals surface area contributed by atoms with Crippen molar-refractivity contribution in [3.8, 4) is 17.2 Å². The normalized spacial score (nSPS) is 10.8. The predicted molar refractivity (Wildman–Crippen MR) is 71.0 cm³/mol. The average molecular weight is 255 g/mol. The molecule has 0 saturated heterocycles. The van der Waals surface area contributed by atoms with Crippen molar-refractivity contribution in [2.75, 3.05) is 14.2 Å². The van der Waals surface area contributed by atoms with Gasteiger partial charge in [0.05, 0.1) is 14.2 Å². The molecule has 0 radical (unpaired) electrons. The zero-order chi connectivity index (χ0) is 13.1. The van der Waals surface area contributed by atoms with Gasteiger partial charge in [0, 0.05) is 0 Å². The number of ether oxygens (including phenoxy) is 3. The third-order valence-corrected chi connectivity index (χ3v) is 2.82. The molecule has 0 aliphatic carbocycles. The summed E-state index contributed by atoms with van der Waals surface area (Å²) in [5, 5.41) is 0. The molecular weight excluding hydrogens is 238 g/mol. The molecule has 1 aromatic carbocycles. The van der Waals surface area contributed by atoms with Crippen LogP contribution >= 0.6 is 12.2 Å². The lowest BCUT2D eigenvalue weighted by atomic mass is 10.1. The minimum atomic E-state index is -0.767. The SMILES string of the molecule is COc1cccc(OC)c1OC(C)(C)C(N)=S. The highest BCUT2D eigenvalue weighted by atomic mass is 32.1. The summed E-state index contributed by atoms with van der Waals surface area (Å²) in [7, 11) is 3.13.